The Morgan fingerprint density at radius 2 is 2.04 bits per heavy atom. The fourth-order valence-corrected chi connectivity index (χ4v) is 3.23. The van der Waals surface area contributed by atoms with Gasteiger partial charge in [-0.3, -0.25) is 4.79 Å². The van der Waals surface area contributed by atoms with Crippen LogP contribution in [0.5, 0.6) is 11.5 Å². The van der Waals surface area contributed by atoms with Crippen molar-refractivity contribution in [1.29, 1.82) is 5.26 Å². The SMILES string of the molecule is COc1cc(-c2nc(SC)[nH]c(=O)c2C#N)cc(Cl)c1OCc1ccccc1. The summed E-state index contributed by atoms with van der Waals surface area (Å²) < 4.78 is 11.3. The largest absolute Gasteiger partial charge is 0.493 e. The van der Waals surface area contributed by atoms with Gasteiger partial charge in [0.15, 0.2) is 16.7 Å². The fraction of sp³-hybridized carbons (Fsp3) is 0.150. The van der Waals surface area contributed by atoms with Gasteiger partial charge in [-0.15, -0.1) is 0 Å². The minimum atomic E-state index is -0.503. The Hall–Kier alpha value is -2.95. The summed E-state index contributed by atoms with van der Waals surface area (Å²) in [4.78, 5) is 19.1. The van der Waals surface area contributed by atoms with E-state index in [1.54, 1.807) is 18.4 Å². The van der Waals surface area contributed by atoms with Crippen molar-refractivity contribution >= 4 is 23.4 Å². The van der Waals surface area contributed by atoms with Crippen LogP contribution >= 0.6 is 23.4 Å². The zero-order valence-electron chi connectivity index (χ0n) is 15.2. The van der Waals surface area contributed by atoms with E-state index in [1.165, 1.54) is 18.9 Å². The van der Waals surface area contributed by atoms with Crippen LogP contribution in [0.3, 0.4) is 0 Å². The maximum atomic E-state index is 12.2. The number of halogens is 1. The van der Waals surface area contributed by atoms with Gasteiger partial charge >= 0.3 is 0 Å². The van der Waals surface area contributed by atoms with E-state index < -0.39 is 5.56 Å². The lowest BCUT2D eigenvalue weighted by Gasteiger charge is -2.15. The minimum Gasteiger partial charge on any atom is -0.493 e. The third-order valence-corrected chi connectivity index (χ3v) is 4.79. The predicted octanol–water partition coefficient (Wildman–Crippen LogP) is 4.27. The van der Waals surface area contributed by atoms with Gasteiger partial charge in [0.2, 0.25) is 0 Å². The van der Waals surface area contributed by atoms with E-state index in [0.717, 1.165) is 5.56 Å². The molecule has 0 aliphatic rings. The highest BCUT2D eigenvalue weighted by Crippen LogP contribution is 2.40. The molecule has 1 N–H and O–H groups in total. The highest BCUT2D eigenvalue weighted by Gasteiger charge is 2.18. The van der Waals surface area contributed by atoms with Gasteiger partial charge in [0.05, 0.1) is 17.8 Å². The van der Waals surface area contributed by atoms with E-state index in [0.29, 0.717) is 33.8 Å². The lowest BCUT2D eigenvalue weighted by molar-refractivity contribution is 0.285. The van der Waals surface area contributed by atoms with Crippen LogP contribution in [-0.4, -0.2) is 23.3 Å². The first-order chi connectivity index (χ1) is 13.6. The van der Waals surface area contributed by atoms with E-state index in [2.05, 4.69) is 9.97 Å². The van der Waals surface area contributed by atoms with Gasteiger partial charge in [-0.25, -0.2) is 4.98 Å². The zero-order chi connectivity index (χ0) is 20.1. The number of nitrogens with zero attached hydrogens (tertiary/aromatic N) is 2. The Labute approximate surface area is 171 Å². The monoisotopic (exact) mass is 413 g/mol. The molecule has 0 aliphatic heterocycles. The number of methoxy groups -OCH3 is 1. The maximum Gasteiger partial charge on any atom is 0.270 e. The summed E-state index contributed by atoms with van der Waals surface area (Å²) in [6, 6.07) is 14.8. The summed E-state index contributed by atoms with van der Waals surface area (Å²) in [6.07, 6.45) is 1.78. The molecule has 0 amide bonds. The third kappa shape index (κ3) is 4.14. The summed E-state index contributed by atoms with van der Waals surface area (Å²) in [6.45, 7) is 0.319. The molecule has 3 rings (SSSR count). The van der Waals surface area contributed by atoms with Crippen LogP contribution < -0.4 is 15.0 Å². The maximum absolute atomic E-state index is 12.2. The van der Waals surface area contributed by atoms with Crippen LogP contribution in [0.4, 0.5) is 0 Å². The highest BCUT2D eigenvalue weighted by molar-refractivity contribution is 7.98. The Morgan fingerprint density at radius 1 is 1.29 bits per heavy atom. The molecule has 0 spiro atoms. The summed E-state index contributed by atoms with van der Waals surface area (Å²) in [5.74, 6) is 0.764. The number of nitrogens with one attached hydrogen (secondary N) is 1. The Bertz CT molecular complexity index is 1090. The second kappa shape index (κ2) is 8.83. The van der Waals surface area contributed by atoms with Crippen LogP contribution in [0.15, 0.2) is 52.4 Å². The van der Waals surface area contributed by atoms with Gasteiger partial charge < -0.3 is 14.5 Å². The Kier molecular flexibility index (Phi) is 6.24. The lowest BCUT2D eigenvalue weighted by atomic mass is 10.1. The number of H-pyrrole nitrogens is 1. The van der Waals surface area contributed by atoms with E-state index in [1.807, 2.05) is 36.4 Å². The second-order valence-corrected chi connectivity index (χ2v) is 6.88. The molecule has 8 heteroatoms. The Morgan fingerprint density at radius 3 is 2.68 bits per heavy atom. The van der Waals surface area contributed by atoms with Crippen molar-refractivity contribution in [3.05, 3.63) is 69.0 Å². The number of ether oxygens (including phenoxy) is 2. The molecule has 0 saturated carbocycles. The first-order valence-electron chi connectivity index (χ1n) is 8.20. The highest BCUT2D eigenvalue weighted by atomic mass is 35.5. The number of thioether (sulfide) groups is 1. The predicted molar refractivity (Wildman–Crippen MR) is 109 cm³/mol. The van der Waals surface area contributed by atoms with Gasteiger partial charge in [0, 0.05) is 5.56 Å². The summed E-state index contributed by atoms with van der Waals surface area (Å²) in [7, 11) is 1.49. The molecule has 1 heterocycles. The lowest BCUT2D eigenvalue weighted by Crippen LogP contribution is -2.14. The molecule has 1 aromatic heterocycles. The number of benzene rings is 2. The average molecular weight is 414 g/mol. The smallest absolute Gasteiger partial charge is 0.270 e. The molecule has 0 bridgehead atoms. The van der Waals surface area contributed by atoms with E-state index >= 15 is 0 Å². The van der Waals surface area contributed by atoms with Crippen LogP contribution in [-0.2, 0) is 6.61 Å². The van der Waals surface area contributed by atoms with Crippen LogP contribution in [0, 0.1) is 11.3 Å². The van der Waals surface area contributed by atoms with Gasteiger partial charge in [0.1, 0.15) is 18.2 Å². The molecule has 2 aromatic carbocycles. The van der Waals surface area contributed by atoms with Crippen LogP contribution in [0.2, 0.25) is 5.02 Å². The molecule has 28 heavy (non-hydrogen) atoms. The molecule has 0 atom stereocenters. The topological polar surface area (TPSA) is 88.0 Å². The average Bonchev–Trinajstić information content (AvgIpc) is 2.72. The van der Waals surface area contributed by atoms with E-state index in [-0.39, 0.29) is 11.3 Å². The molecule has 142 valence electrons. The van der Waals surface area contributed by atoms with Crippen LogP contribution in [0.25, 0.3) is 11.3 Å². The van der Waals surface area contributed by atoms with Crippen molar-refractivity contribution < 1.29 is 9.47 Å². The van der Waals surface area contributed by atoms with Gasteiger partial charge in [-0.05, 0) is 24.0 Å². The number of rotatable bonds is 6. The number of nitriles is 1. The summed E-state index contributed by atoms with van der Waals surface area (Å²) in [5.41, 5.74) is 1.12. The number of aromatic amines is 1. The zero-order valence-corrected chi connectivity index (χ0v) is 16.7. The first kappa shape index (κ1) is 19.8. The first-order valence-corrected chi connectivity index (χ1v) is 9.80. The van der Waals surface area contributed by atoms with Crippen molar-refractivity contribution in [3.63, 3.8) is 0 Å². The molecule has 0 unspecified atom stereocenters. The van der Waals surface area contributed by atoms with Crippen molar-refractivity contribution in [1.82, 2.24) is 9.97 Å². The third-order valence-electron chi connectivity index (χ3n) is 3.93. The molecule has 6 nitrogen and oxygen atoms in total. The van der Waals surface area contributed by atoms with Gasteiger partial charge in [-0.2, -0.15) is 5.26 Å². The fourth-order valence-electron chi connectivity index (χ4n) is 2.59. The number of hydrogen-bond donors (Lipinski definition) is 1. The number of aromatic nitrogens is 2. The second-order valence-electron chi connectivity index (χ2n) is 5.67. The van der Waals surface area contributed by atoms with Crippen molar-refractivity contribution in [3.8, 4) is 28.8 Å². The molecular weight excluding hydrogens is 398 g/mol. The number of hydrogen-bond acceptors (Lipinski definition) is 6. The van der Waals surface area contributed by atoms with Crippen LogP contribution in [0.1, 0.15) is 11.1 Å². The van der Waals surface area contributed by atoms with Gasteiger partial charge in [0.25, 0.3) is 5.56 Å². The summed E-state index contributed by atoms with van der Waals surface area (Å²) in [5, 5.41) is 10.1. The normalized spacial score (nSPS) is 10.4. The molecule has 0 fully saturated rings. The molecular formula is C20H16ClN3O3S. The molecule has 3 aromatic rings. The minimum absolute atomic E-state index is 0.0890. The molecule has 0 radical (unpaired) electrons. The standard InChI is InChI=1S/C20H16ClN3O3S/c1-26-16-9-13(17-14(10-22)19(25)24-20(23-17)28-2)8-15(21)18(16)27-11-12-6-4-3-5-7-12/h3-9H,11H2,1-2H3,(H,23,24,25). The molecule has 0 saturated heterocycles. The van der Waals surface area contributed by atoms with Gasteiger partial charge in [-0.1, -0.05) is 53.7 Å². The summed E-state index contributed by atoms with van der Waals surface area (Å²) >= 11 is 7.70. The van der Waals surface area contributed by atoms with Crippen molar-refractivity contribution in [2.75, 3.05) is 13.4 Å². The van der Waals surface area contributed by atoms with Crippen molar-refractivity contribution in [2.45, 2.75) is 11.8 Å². The van der Waals surface area contributed by atoms with E-state index in [4.69, 9.17) is 21.1 Å². The Balaban J connectivity index is 2.04. The van der Waals surface area contributed by atoms with Crippen molar-refractivity contribution in [2.24, 2.45) is 0 Å². The quantitative estimate of drug-likeness (QED) is 0.479. The molecule has 0 aliphatic carbocycles. The van der Waals surface area contributed by atoms with E-state index in [9.17, 15) is 10.1 Å².